The Morgan fingerprint density at radius 2 is 2.23 bits per heavy atom. The van der Waals surface area contributed by atoms with Crippen molar-refractivity contribution in [1.82, 2.24) is 5.32 Å². The van der Waals surface area contributed by atoms with Crippen molar-refractivity contribution in [2.45, 2.75) is 26.3 Å². The largest absolute Gasteiger partial charge is 0.479 e. The number of anilines is 1. The van der Waals surface area contributed by atoms with Gasteiger partial charge in [0, 0.05) is 18.7 Å². The molecule has 1 aromatic rings. The molecule has 1 aromatic carbocycles. The van der Waals surface area contributed by atoms with Gasteiger partial charge in [-0.25, -0.2) is 9.18 Å². The lowest BCUT2D eigenvalue weighted by Crippen LogP contribution is -2.41. The zero-order chi connectivity index (χ0) is 16.5. The topological polar surface area (TPSA) is 70.6 Å². The number of benzene rings is 1. The summed E-state index contributed by atoms with van der Waals surface area (Å²) in [5.41, 5.74) is 0.194. The fourth-order valence-corrected chi connectivity index (χ4v) is 1.88. The second kappa shape index (κ2) is 8.90. The Morgan fingerprint density at radius 3 is 2.82 bits per heavy atom. The zero-order valence-corrected chi connectivity index (χ0v) is 12.7. The van der Waals surface area contributed by atoms with Gasteiger partial charge in [-0.3, -0.25) is 0 Å². The number of rotatable bonds is 7. The Bertz CT molecular complexity index is 541. The summed E-state index contributed by atoms with van der Waals surface area (Å²) in [4.78, 5) is 12.0. The van der Waals surface area contributed by atoms with E-state index in [9.17, 15) is 9.18 Å². The Morgan fingerprint density at radius 1 is 1.50 bits per heavy atom. The molecular weight excluding hydrogens is 287 g/mol. The molecule has 22 heavy (non-hydrogen) atoms. The minimum atomic E-state index is -0.501. The standard InChI is InChI=1S/C16H21FN2O3/c1-4-9-22-15-6-5-12(17)10-14(15)19-16(21)18-13(7-8-20)11(2)3/h1,5-6,10-11,13,20H,7-9H2,2-3H3,(H2,18,19,21). The maximum absolute atomic E-state index is 13.3. The summed E-state index contributed by atoms with van der Waals surface area (Å²) >= 11 is 0. The lowest BCUT2D eigenvalue weighted by Gasteiger charge is -2.22. The molecule has 0 fully saturated rings. The summed E-state index contributed by atoms with van der Waals surface area (Å²) < 4.78 is 18.6. The SMILES string of the molecule is C#CCOc1ccc(F)cc1NC(=O)NC(CCO)C(C)C. The molecule has 0 bridgehead atoms. The van der Waals surface area contributed by atoms with E-state index >= 15 is 0 Å². The van der Waals surface area contributed by atoms with Crippen molar-refractivity contribution in [3.05, 3.63) is 24.0 Å². The number of aliphatic hydroxyl groups is 1. The van der Waals surface area contributed by atoms with Crippen molar-refractivity contribution in [2.75, 3.05) is 18.5 Å². The summed E-state index contributed by atoms with van der Waals surface area (Å²) in [5, 5.41) is 14.3. The van der Waals surface area contributed by atoms with Gasteiger partial charge < -0.3 is 20.5 Å². The van der Waals surface area contributed by atoms with Crippen LogP contribution in [0.5, 0.6) is 5.75 Å². The molecule has 0 radical (unpaired) electrons. The van der Waals surface area contributed by atoms with E-state index in [0.717, 1.165) is 6.07 Å². The minimum Gasteiger partial charge on any atom is -0.479 e. The van der Waals surface area contributed by atoms with E-state index in [1.165, 1.54) is 12.1 Å². The van der Waals surface area contributed by atoms with Crippen molar-refractivity contribution in [1.29, 1.82) is 0 Å². The molecular formula is C16H21FN2O3. The van der Waals surface area contributed by atoms with Gasteiger partial charge in [0.2, 0.25) is 0 Å². The Labute approximate surface area is 129 Å². The third-order valence-electron chi connectivity index (χ3n) is 3.06. The first-order chi connectivity index (χ1) is 10.5. The number of nitrogens with one attached hydrogen (secondary N) is 2. The monoisotopic (exact) mass is 308 g/mol. The molecule has 5 nitrogen and oxygen atoms in total. The molecule has 3 N–H and O–H groups in total. The highest BCUT2D eigenvalue weighted by atomic mass is 19.1. The van der Waals surface area contributed by atoms with E-state index in [-0.39, 0.29) is 36.6 Å². The number of terminal acetylenes is 1. The van der Waals surface area contributed by atoms with E-state index < -0.39 is 11.8 Å². The van der Waals surface area contributed by atoms with Crippen LogP contribution in [0, 0.1) is 24.1 Å². The van der Waals surface area contributed by atoms with Crippen molar-refractivity contribution < 1.29 is 19.0 Å². The molecule has 1 atom stereocenters. The van der Waals surface area contributed by atoms with E-state index in [4.69, 9.17) is 16.3 Å². The fraction of sp³-hybridized carbons (Fsp3) is 0.438. The number of hydrogen-bond acceptors (Lipinski definition) is 3. The molecule has 0 heterocycles. The van der Waals surface area contributed by atoms with Crippen LogP contribution in [0.1, 0.15) is 20.3 Å². The van der Waals surface area contributed by atoms with Crippen LogP contribution in [-0.4, -0.2) is 30.4 Å². The molecule has 0 spiro atoms. The van der Waals surface area contributed by atoms with Gasteiger partial charge in [0.15, 0.2) is 0 Å². The highest BCUT2D eigenvalue weighted by molar-refractivity contribution is 5.91. The molecule has 0 saturated heterocycles. The predicted molar refractivity (Wildman–Crippen MR) is 83.2 cm³/mol. The van der Waals surface area contributed by atoms with Gasteiger partial charge in [0.05, 0.1) is 5.69 Å². The number of hydrogen-bond donors (Lipinski definition) is 3. The summed E-state index contributed by atoms with van der Waals surface area (Å²) in [7, 11) is 0. The van der Waals surface area contributed by atoms with Crippen molar-refractivity contribution in [3.8, 4) is 18.1 Å². The maximum Gasteiger partial charge on any atom is 0.319 e. The number of carbonyl (C=O) groups excluding carboxylic acids is 1. The summed E-state index contributed by atoms with van der Waals surface area (Å²) in [5.74, 6) is 2.25. The van der Waals surface area contributed by atoms with Crippen LogP contribution >= 0.6 is 0 Å². The second-order valence-corrected chi connectivity index (χ2v) is 5.09. The number of amides is 2. The summed E-state index contributed by atoms with van der Waals surface area (Å²) in [6.07, 6.45) is 5.56. The molecule has 1 unspecified atom stereocenters. The van der Waals surface area contributed by atoms with Crippen LogP contribution in [0.2, 0.25) is 0 Å². The molecule has 0 aliphatic carbocycles. The lowest BCUT2D eigenvalue weighted by molar-refractivity contribution is 0.227. The van der Waals surface area contributed by atoms with E-state index in [0.29, 0.717) is 6.42 Å². The molecule has 6 heteroatoms. The first-order valence-corrected chi connectivity index (χ1v) is 7.02. The molecule has 120 valence electrons. The van der Waals surface area contributed by atoms with Gasteiger partial charge >= 0.3 is 6.03 Å². The van der Waals surface area contributed by atoms with Crippen LogP contribution < -0.4 is 15.4 Å². The van der Waals surface area contributed by atoms with E-state index in [1.807, 2.05) is 13.8 Å². The van der Waals surface area contributed by atoms with Crippen molar-refractivity contribution in [2.24, 2.45) is 5.92 Å². The second-order valence-electron chi connectivity index (χ2n) is 5.09. The third-order valence-corrected chi connectivity index (χ3v) is 3.06. The zero-order valence-electron chi connectivity index (χ0n) is 12.7. The Hall–Kier alpha value is -2.26. The highest BCUT2D eigenvalue weighted by Gasteiger charge is 2.17. The van der Waals surface area contributed by atoms with Gasteiger partial charge in [-0.1, -0.05) is 19.8 Å². The average Bonchev–Trinajstić information content (AvgIpc) is 2.46. The van der Waals surface area contributed by atoms with Crippen LogP contribution in [0.3, 0.4) is 0 Å². The quantitative estimate of drug-likeness (QED) is 0.677. The Kier molecular flexibility index (Phi) is 7.20. The molecule has 0 aliphatic heterocycles. The number of ether oxygens (including phenoxy) is 1. The van der Waals surface area contributed by atoms with Gasteiger partial charge in [-0.15, -0.1) is 6.42 Å². The lowest BCUT2D eigenvalue weighted by atomic mass is 10.0. The molecule has 1 rings (SSSR count). The fourth-order valence-electron chi connectivity index (χ4n) is 1.88. The first kappa shape index (κ1) is 17.8. The predicted octanol–water partition coefficient (Wildman–Crippen LogP) is 2.37. The van der Waals surface area contributed by atoms with E-state index in [1.54, 1.807) is 0 Å². The van der Waals surface area contributed by atoms with E-state index in [2.05, 4.69) is 16.6 Å². The molecule has 0 aromatic heterocycles. The number of carbonyl (C=O) groups is 1. The molecule has 2 amide bonds. The third kappa shape index (κ3) is 5.62. The Balaban J connectivity index is 2.78. The minimum absolute atomic E-state index is 0.0149. The van der Waals surface area contributed by atoms with Crippen molar-refractivity contribution in [3.63, 3.8) is 0 Å². The normalized spacial score (nSPS) is 11.6. The van der Waals surface area contributed by atoms with Gasteiger partial charge in [0.25, 0.3) is 0 Å². The van der Waals surface area contributed by atoms with Gasteiger partial charge in [0.1, 0.15) is 18.2 Å². The summed E-state index contributed by atoms with van der Waals surface area (Å²) in [6.45, 7) is 3.86. The van der Waals surface area contributed by atoms with Crippen molar-refractivity contribution >= 4 is 11.7 Å². The van der Waals surface area contributed by atoms with Crippen LogP contribution in [0.4, 0.5) is 14.9 Å². The molecule has 0 aliphatic rings. The summed E-state index contributed by atoms with van der Waals surface area (Å²) in [6, 6.07) is 3.09. The van der Waals surface area contributed by atoms with Crippen LogP contribution in [0.15, 0.2) is 18.2 Å². The number of urea groups is 1. The number of aliphatic hydroxyl groups excluding tert-OH is 1. The maximum atomic E-state index is 13.3. The van der Waals surface area contributed by atoms with Crippen LogP contribution in [-0.2, 0) is 0 Å². The molecule has 0 saturated carbocycles. The average molecular weight is 308 g/mol. The van der Waals surface area contributed by atoms with Gasteiger partial charge in [-0.05, 0) is 24.5 Å². The van der Waals surface area contributed by atoms with Crippen LogP contribution in [0.25, 0.3) is 0 Å². The highest BCUT2D eigenvalue weighted by Crippen LogP contribution is 2.25. The van der Waals surface area contributed by atoms with Gasteiger partial charge in [-0.2, -0.15) is 0 Å². The smallest absolute Gasteiger partial charge is 0.319 e. The number of halogens is 1. The first-order valence-electron chi connectivity index (χ1n) is 7.02.